The highest BCUT2D eigenvalue weighted by Gasteiger charge is 2.18. The Morgan fingerprint density at radius 1 is 1.39 bits per heavy atom. The molecule has 2 aromatic rings. The molecule has 3 rings (SSSR count). The van der Waals surface area contributed by atoms with E-state index in [-0.39, 0.29) is 5.97 Å². The highest BCUT2D eigenvalue weighted by atomic mass is 32.1. The molecule has 4 heteroatoms. The van der Waals surface area contributed by atoms with Crippen LogP contribution in [0.2, 0.25) is 0 Å². The van der Waals surface area contributed by atoms with Crippen molar-refractivity contribution in [2.45, 2.75) is 19.3 Å². The molecule has 0 atom stereocenters. The van der Waals surface area contributed by atoms with Crippen LogP contribution in [0.15, 0.2) is 24.3 Å². The first-order valence-electron chi connectivity index (χ1n) is 5.95. The zero-order valence-corrected chi connectivity index (χ0v) is 10.9. The van der Waals surface area contributed by atoms with Crippen LogP contribution in [0.25, 0.3) is 10.6 Å². The first kappa shape index (κ1) is 11.4. The fraction of sp³-hybridized carbons (Fsp3) is 0.286. The number of fused-ring (bicyclic) bond motifs is 1. The van der Waals surface area contributed by atoms with Crippen LogP contribution < -0.4 is 0 Å². The number of hydrogen-bond acceptors (Lipinski definition) is 4. The normalized spacial score (nSPS) is 13.4. The van der Waals surface area contributed by atoms with Crippen molar-refractivity contribution in [2.75, 3.05) is 7.11 Å². The van der Waals surface area contributed by atoms with Gasteiger partial charge in [0.2, 0.25) is 0 Å². The van der Waals surface area contributed by atoms with Crippen LogP contribution in [0.1, 0.15) is 27.3 Å². The van der Waals surface area contributed by atoms with Gasteiger partial charge >= 0.3 is 5.97 Å². The summed E-state index contributed by atoms with van der Waals surface area (Å²) in [5.41, 5.74) is 2.81. The number of thiazole rings is 1. The summed E-state index contributed by atoms with van der Waals surface area (Å²) in [6.07, 6.45) is 3.45. The molecule has 0 fully saturated rings. The molecule has 1 aromatic carbocycles. The van der Waals surface area contributed by atoms with Gasteiger partial charge in [-0.3, -0.25) is 0 Å². The van der Waals surface area contributed by atoms with Gasteiger partial charge < -0.3 is 4.74 Å². The summed E-state index contributed by atoms with van der Waals surface area (Å²) < 4.78 is 4.73. The largest absolute Gasteiger partial charge is 0.465 e. The van der Waals surface area contributed by atoms with Crippen molar-refractivity contribution in [3.63, 3.8) is 0 Å². The van der Waals surface area contributed by atoms with Crippen molar-refractivity contribution >= 4 is 17.3 Å². The quantitative estimate of drug-likeness (QED) is 0.778. The molecule has 0 spiro atoms. The summed E-state index contributed by atoms with van der Waals surface area (Å²) in [5, 5.41) is 1.01. The number of aryl methyl sites for hydroxylation is 2. The second kappa shape index (κ2) is 4.53. The second-order valence-electron chi connectivity index (χ2n) is 4.31. The highest BCUT2D eigenvalue weighted by Crippen LogP contribution is 2.33. The molecule has 0 N–H and O–H groups in total. The Balaban J connectivity index is 1.98. The Labute approximate surface area is 109 Å². The van der Waals surface area contributed by atoms with Crippen LogP contribution in [0.4, 0.5) is 0 Å². The monoisotopic (exact) mass is 259 g/mol. The number of ether oxygens (including phenoxy) is 1. The number of carbonyl (C=O) groups excluding carboxylic acids is 1. The van der Waals surface area contributed by atoms with E-state index in [1.165, 1.54) is 24.1 Å². The third-order valence-electron chi connectivity index (χ3n) is 3.13. The summed E-state index contributed by atoms with van der Waals surface area (Å²) in [7, 11) is 1.40. The molecule has 1 heterocycles. The second-order valence-corrected chi connectivity index (χ2v) is 5.40. The minimum absolute atomic E-state index is 0.305. The minimum atomic E-state index is -0.305. The van der Waals surface area contributed by atoms with E-state index in [2.05, 4.69) is 4.98 Å². The molecule has 3 nitrogen and oxygen atoms in total. The Kier molecular flexibility index (Phi) is 2.88. The van der Waals surface area contributed by atoms with Crippen molar-refractivity contribution in [1.29, 1.82) is 0 Å². The van der Waals surface area contributed by atoms with Crippen LogP contribution in [0, 0.1) is 0 Å². The van der Waals surface area contributed by atoms with Gasteiger partial charge in [0.15, 0.2) is 0 Å². The molecule has 0 amide bonds. The molecule has 1 aliphatic rings. The maximum atomic E-state index is 11.5. The standard InChI is InChI=1S/C14H13NO2S/c1-17-14(16)10-5-2-4-9(8-10)13-15-11-6-3-7-12(11)18-13/h2,4-5,8H,3,6-7H2,1H3. The smallest absolute Gasteiger partial charge is 0.337 e. The molecule has 18 heavy (non-hydrogen) atoms. The Morgan fingerprint density at radius 3 is 3.06 bits per heavy atom. The lowest BCUT2D eigenvalue weighted by Gasteiger charge is -2.01. The van der Waals surface area contributed by atoms with Gasteiger partial charge in [-0.25, -0.2) is 9.78 Å². The van der Waals surface area contributed by atoms with Gasteiger partial charge in [-0.15, -0.1) is 11.3 Å². The molecule has 0 saturated carbocycles. The Bertz CT molecular complexity index is 582. The topological polar surface area (TPSA) is 39.2 Å². The summed E-state index contributed by atoms with van der Waals surface area (Å²) in [5.74, 6) is -0.305. The van der Waals surface area contributed by atoms with E-state index in [0.717, 1.165) is 23.4 Å². The van der Waals surface area contributed by atoms with Crippen LogP contribution in [-0.2, 0) is 17.6 Å². The van der Waals surface area contributed by atoms with Crippen LogP contribution in [-0.4, -0.2) is 18.1 Å². The van der Waals surface area contributed by atoms with Crippen molar-refractivity contribution in [2.24, 2.45) is 0 Å². The van der Waals surface area contributed by atoms with Gasteiger partial charge in [0.05, 0.1) is 18.4 Å². The lowest BCUT2D eigenvalue weighted by atomic mass is 10.1. The first-order chi connectivity index (χ1) is 8.78. The van der Waals surface area contributed by atoms with Crippen molar-refractivity contribution in [3.8, 4) is 10.6 Å². The van der Waals surface area contributed by atoms with Gasteiger partial charge in [-0.1, -0.05) is 12.1 Å². The predicted molar refractivity (Wildman–Crippen MR) is 70.9 cm³/mol. The van der Waals surface area contributed by atoms with Gasteiger partial charge in [-0.05, 0) is 31.4 Å². The number of hydrogen-bond donors (Lipinski definition) is 0. The van der Waals surface area contributed by atoms with E-state index in [4.69, 9.17) is 4.74 Å². The first-order valence-corrected chi connectivity index (χ1v) is 6.77. The van der Waals surface area contributed by atoms with E-state index in [1.54, 1.807) is 17.4 Å². The maximum Gasteiger partial charge on any atom is 0.337 e. The molecular formula is C14H13NO2S. The van der Waals surface area contributed by atoms with Crippen molar-refractivity contribution < 1.29 is 9.53 Å². The molecule has 1 aromatic heterocycles. The Hall–Kier alpha value is -1.68. The number of benzene rings is 1. The van der Waals surface area contributed by atoms with Crippen LogP contribution >= 0.6 is 11.3 Å². The average molecular weight is 259 g/mol. The predicted octanol–water partition coefficient (Wildman–Crippen LogP) is 3.09. The number of methoxy groups -OCH3 is 1. The van der Waals surface area contributed by atoms with Crippen molar-refractivity contribution in [3.05, 3.63) is 40.4 Å². The van der Waals surface area contributed by atoms with Crippen LogP contribution in [0.3, 0.4) is 0 Å². The van der Waals surface area contributed by atoms with E-state index in [0.29, 0.717) is 5.56 Å². The SMILES string of the molecule is COC(=O)c1cccc(-c2nc3c(s2)CCC3)c1. The number of nitrogens with zero attached hydrogens (tertiary/aromatic N) is 1. The molecule has 0 saturated heterocycles. The zero-order chi connectivity index (χ0) is 12.5. The number of esters is 1. The molecule has 92 valence electrons. The lowest BCUT2D eigenvalue weighted by molar-refractivity contribution is 0.0601. The molecule has 0 radical (unpaired) electrons. The number of carbonyl (C=O) groups is 1. The van der Waals surface area contributed by atoms with Crippen molar-refractivity contribution in [1.82, 2.24) is 4.98 Å². The summed E-state index contributed by atoms with van der Waals surface area (Å²) >= 11 is 1.74. The van der Waals surface area contributed by atoms with E-state index in [9.17, 15) is 4.79 Å². The van der Waals surface area contributed by atoms with Gasteiger partial charge in [0, 0.05) is 10.4 Å². The molecule has 1 aliphatic carbocycles. The Morgan fingerprint density at radius 2 is 2.28 bits per heavy atom. The number of rotatable bonds is 2. The lowest BCUT2D eigenvalue weighted by Crippen LogP contribution is -2.00. The molecule has 0 unspecified atom stereocenters. The fourth-order valence-corrected chi connectivity index (χ4v) is 3.36. The van der Waals surface area contributed by atoms with E-state index in [1.807, 2.05) is 18.2 Å². The minimum Gasteiger partial charge on any atom is -0.465 e. The molecule has 0 aliphatic heterocycles. The summed E-state index contributed by atoms with van der Waals surface area (Å²) in [6.45, 7) is 0. The molecular weight excluding hydrogens is 246 g/mol. The zero-order valence-electron chi connectivity index (χ0n) is 10.1. The van der Waals surface area contributed by atoms with Crippen LogP contribution in [0.5, 0.6) is 0 Å². The van der Waals surface area contributed by atoms with E-state index >= 15 is 0 Å². The van der Waals surface area contributed by atoms with E-state index < -0.39 is 0 Å². The third-order valence-corrected chi connectivity index (χ3v) is 4.33. The van der Waals surface area contributed by atoms with Gasteiger partial charge in [0.1, 0.15) is 5.01 Å². The average Bonchev–Trinajstić information content (AvgIpc) is 2.98. The summed E-state index contributed by atoms with van der Waals surface area (Å²) in [6, 6.07) is 7.46. The van der Waals surface area contributed by atoms with Gasteiger partial charge in [0.25, 0.3) is 0 Å². The highest BCUT2D eigenvalue weighted by molar-refractivity contribution is 7.15. The third kappa shape index (κ3) is 1.93. The summed E-state index contributed by atoms with van der Waals surface area (Å²) in [4.78, 5) is 17.5. The number of aromatic nitrogens is 1. The molecule has 0 bridgehead atoms. The maximum absolute atomic E-state index is 11.5. The van der Waals surface area contributed by atoms with Gasteiger partial charge in [-0.2, -0.15) is 0 Å². The fourth-order valence-electron chi connectivity index (χ4n) is 2.21.